The maximum Gasteiger partial charge on any atom is 0.200 e. The Morgan fingerprint density at radius 2 is 2.30 bits per heavy atom. The SMILES string of the molecule is CCC1CC(C)=C(O)C1=O. The normalized spacial score (nSPS) is 26.2. The Hall–Kier alpha value is -0.790. The van der Waals surface area contributed by atoms with Gasteiger partial charge in [0.1, 0.15) is 0 Å². The number of hydrogen-bond acceptors (Lipinski definition) is 2. The Labute approximate surface area is 60.6 Å². The van der Waals surface area contributed by atoms with Crippen molar-refractivity contribution in [2.24, 2.45) is 5.92 Å². The van der Waals surface area contributed by atoms with Crippen LogP contribution in [0.3, 0.4) is 0 Å². The van der Waals surface area contributed by atoms with Gasteiger partial charge < -0.3 is 5.11 Å². The Bertz CT molecular complexity index is 191. The molecule has 1 atom stereocenters. The smallest absolute Gasteiger partial charge is 0.200 e. The molecule has 0 saturated heterocycles. The van der Waals surface area contributed by atoms with Crippen LogP contribution in [0.5, 0.6) is 0 Å². The zero-order valence-electron chi connectivity index (χ0n) is 6.35. The maximum absolute atomic E-state index is 11.0. The minimum absolute atomic E-state index is 0.00634. The van der Waals surface area contributed by atoms with Gasteiger partial charge in [-0.05, 0) is 25.3 Å². The molecule has 0 heterocycles. The summed E-state index contributed by atoms with van der Waals surface area (Å²) in [5.74, 6) is -0.00755. The van der Waals surface area contributed by atoms with E-state index in [1.807, 2.05) is 13.8 Å². The van der Waals surface area contributed by atoms with Crippen LogP contribution in [0.25, 0.3) is 0 Å². The van der Waals surface area contributed by atoms with Crippen molar-refractivity contribution < 1.29 is 9.90 Å². The molecule has 0 saturated carbocycles. The molecule has 0 amide bonds. The number of aliphatic hydroxyl groups excluding tert-OH is 1. The summed E-state index contributed by atoms with van der Waals surface area (Å²) < 4.78 is 0. The molecule has 0 aromatic rings. The monoisotopic (exact) mass is 140 g/mol. The first-order valence-corrected chi connectivity index (χ1v) is 3.59. The third-order valence-electron chi connectivity index (χ3n) is 2.05. The number of carbonyl (C=O) groups excluding carboxylic acids is 1. The molecule has 10 heavy (non-hydrogen) atoms. The lowest BCUT2D eigenvalue weighted by atomic mass is 10.0. The van der Waals surface area contributed by atoms with E-state index in [0.29, 0.717) is 0 Å². The number of aliphatic hydroxyl groups is 1. The molecule has 1 aliphatic rings. The molecule has 0 aromatic carbocycles. The molecule has 56 valence electrons. The summed E-state index contributed by atoms with van der Waals surface area (Å²) in [4.78, 5) is 11.0. The Balaban J connectivity index is 2.77. The number of hydrogen-bond donors (Lipinski definition) is 1. The molecule has 0 spiro atoms. The van der Waals surface area contributed by atoms with Crippen molar-refractivity contribution in [2.45, 2.75) is 26.7 Å². The van der Waals surface area contributed by atoms with Crippen molar-refractivity contribution in [1.29, 1.82) is 0 Å². The molecule has 1 aliphatic carbocycles. The first kappa shape index (κ1) is 7.32. The highest BCUT2D eigenvalue weighted by atomic mass is 16.3. The molecule has 1 unspecified atom stereocenters. The Morgan fingerprint density at radius 3 is 2.50 bits per heavy atom. The molecule has 0 fully saturated rings. The van der Waals surface area contributed by atoms with Crippen molar-refractivity contribution in [3.8, 4) is 0 Å². The summed E-state index contributed by atoms with van der Waals surface area (Å²) >= 11 is 0. The van der Waals surface area contributed by atoms with E-state index >= 15 is 0 Å². The lowest BCUT2D eigenvalue weighted by molar-refractivity contribution is -0.120. The van der Waals surface area contributed by atoms with Crippen LogP contribution >= 0.6 is 0 Å². The van der Waals surface area contributed by atoms with Crippen LogP contribution in [0.4, 0.5) is 0 Å². The molecule has 2 heteroatoms. The molecule has 1 N–H and O–H groups in total. The van der Waals surface area contributed by atoms with Gasteiger partial charge in [-0.15, -0.1) is 0 Å². The molecular formula is C8H12O2. The lowest BCUT2D eigenvalue weighted by Gasteiger charge is -2.00. The van der Waals surface area contributed by atoms with E-state index in [0.717, 1.165) is 18.4 Å². The van der Waals surface area contributed by atoms with Crippen molar-refractivity contribution in [3.05, 3.63) is 11.3 Å². The lowest BCUT2D eigenvalue weighted by Crippen LogP contribution is -2.08. The average Bonchev–Trinajstić information content (AvgIpc) is 2.17. The van der Waals surface area contributed by atoms with Gasteiger partial charge in [-0.25, -0.2) is 0 Å². The number of ketones is 1. The fourth-order valence-corrected chi connectivity index (χ4v) is 1.29. The standard InChI is InChI=1S/C8H12O2/c1-3-6-4-5(2)7(9)8(6)10/h6,9H,3-4H2,1-2H3. The first-order valence-electron chi connectivity index (χ1n) is 3.59. The first-order chi connectivity index (χ1) is 4.66. The largest absolute Gasteiger partial charge is 0.504 e. The number of carbonyl (C=O) groups is 1. The van der Waals surface area contributed by atoms with Gasteiger partial charge in [0.2, 0.25) is 0 Å². The maximum atomic E-state index is 11.0. The van der Waals surface area contributed by atoms with Gasteiger partial charge in [-0.2, -0.15) is 0 Å². The van der Waals surface area contributed by atoms with Gasteiger partial charge in [0.05, 0.1) is 0 Å². The van der Waals surface area contributed by atoms with Gasteiger partial charge in [0.25, 0.3) is 0 Å². The van der Waals surface area contributed by atoms with Gasteiger partial charge in [-0.3, -0.25) is 4.79 Å². The number of allylic oxidation sites excluding steroid dienone is 2. The highest BCUT2D eigenvalue weighted by Gasteiger charge is 2.28. The van der Waals surface area contributed by atoms with Gasteiger partial charge in [-0.1, -0.05) is 6.92 Å². The minimum Gasteiger partial charge on any atom is -0.504 e. The van der Waals surface area contributed by atoms with Crippen LogP contribution in [0.2, 0.25) is 0 Å². The zero-order valence-corrected chi connectivity index (χ0v) is 6.35. The van der Waals surface area contributed by atoms with E-state index in [4.69, 9.17) is 5.11 Å². The number of rotatable bonds is 1. The van der Waals surface area contributed by atoms with E-state index in [2.05, 4.69) is 0 Å². The quantitative estimate of drug-likeness (QED) is 0.603. The van der Waals surface area contributed by atoms with Crippen molar-refractivity contribution in [2.75, 3.05) is 0 Å². The molecule has 0 radical (unpaired) electrons. The fourth-order valence-electron chi connectivity index (χ4n) is 1.29. The predicted octanol–water partition coefficient (Wildman–Crippen LogP) is 1.82. The average molecular weight is 140 g/mol. The molecular weight excluding hydrogens is 128 g/mol. The van der Waals surface area contributed by atoms with Crippen LogP contribution in [0.1, 0.15) is 26.7 Å². The van der Waals surface area contributed by atoms with Crippen molar-refractivity contribution in [1.82, 2.24) is 0 Å². The molecule has 0 bridgehead atoms. The molecule has 1 rings (SSSR count). The summed E-state index contributed by atoms with van der Waals surface area (Å²) in [7, 11) is 0. The highest BCUT2D eigenvalue weighted by molar-refractivity contribution is 5.98. The topological polar surface area (TPSA) is 37.3 Å². The van der Waals surface area contributed by atoms with Gasteiger partial charge >= 0.3 is 0 Å². The van der Waals surface area contributed by atoms with E-state index in [-0.39, 0.29) is 17.5 Å². The zero-order chi connectivity index (χ0) is 7.72. The second-order valence-corrected chi connectivity index (χ2v) is 2.80. The van der Waals surface area contributed by atoms with Crippen LogP contribution in [0, 0.1) is 5.92 Å². The van der Waals surface area contributed by atoms with Gasteiger partial charge in [0, 0.05) is 5.92 Å². The van der Waals surface area contributed by atoms with E-state index in [1.54, 1.807) is 0 Å². The highest BCUT2D eigenvalue weighted by Crippen LogP contribution is 2.27. The Kier molecular flexibility index (Phi) is 1.79. The molecule has 2 nitrogen and oxygen atoms in total. The Morgan fingerprint density at radius 1 is 1.70 bits per heavy atom. The van der Waals surface area contributed by atoms with Crippen molar-refractivity contribution in [3.63, 3.8) is 0 Å². The summed E-state index contributed by atoms with van der Waals surface area (Å²) in [6, 6.07) is 0. The third-order valence-corrected chi connectivity index (χ3v) is 2.05. The summed E-state index contributed by atoms with van der Waals surface area (Å²) in [6.45, 7) is 3.78. The minimum atomic E-state index is -0.0694. The summed E-state index contributed by atoms with van der Waals surface area (Å²) in [6.07, 6.45) is 1.58. The molecule has 0 aromatic heterocycles. The second kappa shape index (κ2) is 2.45. The molecule has 0 aliphatic heterocycles. The fraction of sp³-hybridized carbons (Fsp3) is 0.625. The summed E-state index contributed by atoms with van der Waals surface area (Å²) in [5.41, 5.74) is 0.844. The number of Topliss-reactive ketones (excluding diaryl/α,β-unsaturated/α-hetero) is 1. The van der Waals surface area contributed by atoms with Gasteiger partial charge in [0.15, 0.2) is 11.5 Å². The van der Waals surface area contributed by atoms with Crippen LogP contribution in [-0.4, -0.2) is 10.9 Å². The van der Waals surface area contributed by atoms with Crippen LogP contribution in [-0.2, 0) is 4.79 Å². The van der Waals surface area contributed by atoms with E-state index in [9.17, 15) is 4.79 Å². The van der Waals surface area contributed by atoms with E-state index < -0.39 is 0 Å². The summed E-state index contributed by atoms with van der Waals surface area (Å²) in [5, 5.41) is 9.10. The van der Waals surface area contributed by atoms with Crippen molar-refractivity contribution >= 4 is 5.78 Å². The second-order valence-electron chi connectivity index (χ2n) is 2.80. The van der Waals surface area contributed by atoms with Crippen LogP contribution in [0.15, 0.2) is 11.3 Å². The van der Waals surface area contributed by atoms with Crippen LogP contribution < -0.4 is 0 Å². The predicted molar refractivity (Wildman–Crippen MR) is 38.7 cm³/mol. The van der Waals surface area contributed by atoms with E-state index in [1.165, 1.54) is 0 Å². The third kappa shape index (κ3) is 0.939.